The van der Waals surface area contributed by atoms with Crippen molar-refractivity contribution in [3.63, 3.8) is 0 Å². The number of aliphatic carboxylic acids is 1. The number of imidazole rings is 1. The summed E-state index contributed by atoms with van der Waals surface area (Å²) in [5.41, 5.74) is 0.436. The van der Waals surface area contributed by atoms with E-state index < -0.39 is 24.0 Å². The van der Waals surface area contributed by atoms with Crippen molar-refractivity contribution in [2.24, 2.45) is 0 Å². The molecular weight excluding hydrogens is 405 g/mol. The lowest BCUT2D eigenvalue weighted by molar-refractivity contribution is -0.697. The summed E-state index contributed by atoms with van der Waals surface area (Å²) in [5, 5.41) is 9.27. The van der Waals surface area contributed by atoms with Crippen LogP contribution >= 0.6 is 0 Å². The Bertz CT molecular complexity index is 699. The van der Waals surface area contributed by atoms with Crippen LogP contribution in [0.3, 0.4) is 0 Å². The monoisotopic (exact) mass is 422 g/mol. The molecule has 0 aromatic carbocycles. The topological polar surface area (TPSA) is 75.2 Å². The number of carbonyl (C=O) groups excluding carboxylic acids is 2. The molecule has 0 fully saturated rings. The molecule has 1 aromatic heterocycles. The molecule has 0 radical (unpaired) electrons. The van der Waals surface area contributed by atoms with Gasteiger partial charge in [-0.3, -0.25) is 0 Å². The summed E-state index contributed by atoms with van der Waals surface area (Å²) >= 11 is 0. The molecule has 6 nitrogen and oxygen atoms in total. The molecule has 0 unspecified atom stereocenters. The lowest BCUT2D eigenvalue weighted by Gasteiger charge is -2.28. The van der Waals surface area contributed by atoms with Gasteiger partial charge in [-0.05, 0) is 13.8 Å². The molecule has 0 aliphatic rings. The van der Waals surface area contributed by atoms with E-state index in [-0.39, 0.29) is 5.97 Å². The highest BCUT2D eigenvalue weighted by Crippen LogP contribution is 2.46. The standard InChI is InChI=1S/C11H17N2O2.C4HF7O2/c1-4-12-5-6-13(9-12)7-8-15-11(14)10(2)3;5-2(6,1(12)13)3(7,8)4(9,10)11/h5-6,9H,2,4,7-8H2,1,3H3;(H,12,13)/q+1;/p-1. The van der Waals surface area contributed by atoms with Crippen LogP contribution in [-0.2, 0) is 27.4 Å². The van der Waals surface area contributed by atoms with Crippen molar-refractivity contribution in [3.05, 3.63) is 30.9 Å². The minimum atomic E-state index is -6.64. The third-order valence-electron chi connectivity index (χ3n) is 3.05. The zero-order chi connectivity index (χ0) is 22.3. The van der Waals surface area contributed by atoms with Crippen molar-refractivity contribution >= 4 is 11.9 Å². The third-order valence-corrected chi connectivity index (χ3v) is 3.05. The van der Waals surface area contributed by atoms with Gasteiger partial charge >= 0.3 is 24.0 Å². The van der Waals surface area contributed by atoms with Gasteiger partial charge in [-0.25, -0.2) is 13.9 Å². The van der Waals surface area contributed by atoms with Gasteiger partial charge in [-0.1, -0.05) is 6.58 Å². The number of esters is 1. The largest absolute Gasteiger partial charge is 0.544 e. The molecule has 0 N–H and O–H groups in total. The van der Waals surface area contributed by atoms with Crippen LogP contribution in [0.15, 0.2) is 30.9 Å². The second-order valence-corrected chi connectivity index (χ2v) is 5.33. The average Bonchev–Trinajstić information content (AvgIpc) is 3.01. The predicted octanol–water partition coefficient (Wildman–Crippen LogP) is 1.48. The van der Waals surface area contributed by atoms with Crippen molar-refractivity contribution in [1.29, 1.82) is 0 Å². The van der Waals surface area contributed by atoms with Crippen LogP contribution in [0.1, 0.15) is 13.8 Å². The van der Waals surface area contributed by atoms with Gasteiger partial charge in [0, 0.05) is 5.57 Å². The molecule has 0 atom stereocenters. The number of hydrogen-bond acceptors (Lipinski definition) is 4. The molecule has 13 heteroatoms. The smallest absolute Gasteiger partial charge is 0.460 e. The van der Waals surface area contributed by atoms with Gasteiger partial charge in [-0.2, -0.15) is 30.7 Å². The van der Waals surface area contributed by atoms with E-state index in [0.717, 1.165) is 6.54 Å². The molecular formula is C15H17F7N2O4. The maximum atomic E-state index is 11.7. The number of hydrogen-bond donors (Lipinski definition) is 0. The zero-order valence-corrected chi connectivity index (χ0v) is 14.7. The Hall–Kier alpha value is -2.60. The first kappa shape index (κ1) is 25.4. The number of carboxylic acid groups (broad SMARTS) is 1. The second-order valence-electron chi connectivity index (χ2n) is 5.33. The molecule has 0 aliphatic carbocycles. The van der Waals surface area contributed by atoms with Crippen molar-refractivity contribution in [3.8, 4) is 0 Å². The van der Waals surface area contributed by atoms with E-state index >= 15 is 0 Å². The molecule has 160 valence electrons. The van der Waals surface area contributed by atoms with Gasteiger partial charge < -0.3 is 14.6 Å². The normalized spacial score (nSPS) is 12.0. The van der Waals surface area contributed by atoms with Gasteiger partial charge in [-0.15, -0.1) is 0 Å². The van der Waals surface area contributed by atoms with E-state index in [1.165, 1.54) is 0 Å². The van der Waals surface area contributed by atoms with E-state index in [1.807, 2.05) is 23.3 Å². The van der Waals surface area contributed by atoms with Crippen molar-refractivity contribution in [2.75, 3.05) is 6.61 Å². The summed E-state index contributed by atoms with van der Waals surface area (Å²) in [7, 11) is 0. The number of nitrogens with zero attached hydrogens (tertiary/aromatic N) is 2. The molecule has 0 amide bonds. The first-order valence-corrected chi connectivity index (χ1v) is 7.49. The summed E-state index contributed by atoms with van der Waals surface area (Å²) in [5.74, 6) is -17.0. The highest BCUT2D eigenvalue weighted by Gasteiger charge is 2.73. The van der Waals surface area contributed by atoms with Gasteiger partial charge in [0.25, 0.3) is 0 Å². The van der Waals surface area contributed by atoms with Crippen LogP contribution in [0.2, 0.25) is 0 Å². The lowest BCUT2D eigenvalue weighted by atomic mass is 10.1. The molecule has 1 heterocycles. The highest BCUT2D eigenvalue weighted by atomic mass is 19.4. The van der Waals surface area contributed by atoms with Crippen LogP contribution in [0, 0.1) is 0 Å². The van der Waals surface area contributed by atoms with Crippen LogP contribution < -0.4 is 9.67 Å². The first-order valence-electron chi connectivity index (χ1n) is 7.49. The molecule has 28 heavy (non-hydrogen) atoms. The molecule has 0 spiro atoms. The van der Waals surface area contributed by atoms with Crippen LogP contribution in [0.4, 0.5) is 30.7 Å². The summed E-state index contributed by atoms with van der Waals surface area (Å²) < 4.78 is 89.2. The highest BCUT2D eigenvalue weighted by molar-refractivity contribution is 5.86. The number of rotatable bonds is 7. The fourth-order valence-corrected chi connectivity index (χ4v) is 1.43. The fraction of sp³-hybridized carbons (Fsp3) is 0.533. The van der Waals surface area contributed by atoms with Crippen molar-refractivity contribution in [2.45, 2.75) is 45.0 Å². The van der Waals surface area contributed by atoms with E-state index in [0.29, 0.717) is 18.7 Å². The Balaban J connectivity index is 0.000000528. The molecule has 1 rings (SSSR count). The van der Waals surface area contributed by atoms with Crippen molar-refractivity contribution < 1.29 is 54.7 Å². The molecule has 1 aromatic rings. The zero-order valence-electron chi connectivity index (χ0n) is 14.7. The number of aromatic nitrogens is 2. The van der Waals surface area contributed by atoms with Gasteiger partial charge in [0.2, 0.25) is 6.33 Å². The fourth-order valence-electron chi connectivity index (χ4n) is 1.43. The van der Waals surface area contributed by atoms with E-state index in [4.69, 9.17) is 4.74 Å². The third kappa shape index (κ3) is 6.53. The Morgan fingerprint density at radius 3 is 2.04 bits per heavy atom. The number of carbonyl (C=O) groups is 2. The Morgan fingerprint density at radius 2 is 1.71 bits per heavy atom. The number of alkyl halides is 7. The number of carboxylic acids is 1. The van der Waals surface area contributed by atoms with Gasteiger partial charge in [0.05, 0.1) is 6.54 Å². The molecule has 0 bridgehead atoms. The Kier molecular flexibility index (Phi) is 8.66. The number of aryl methyl sites for hydroxylation is 1. The first-order chi connectivity index (χ1) is 12.6. The predicted molar refractivity (Wildman–Crippen MR) is 77.0 cm³/mol. The van der Waals surface area contributed by atoms with Crippen LogP contribution in [-0.4, -0.2) is 41.1 Å². The SMILES string of the molecule is C=C(C)C(=O)OCC[n+]1ccn(CC)c1.O=C([O-])C(F)(F)C(F)(F)C(F)(F)F. The minimum Gasteiger partial charge on any atom is -0.544 e. The molecule has 0 saturated carbocycles. The molecule has 0 aliphatic heterocycles. The molecule has 0 saturated heterocycles. The summed E-state index contributed by atoms with van der Waals surface area (Å²) in [4.78, 5) is 20.3. The lowest BCUT2D eigenvalue weighted by Crippen LogP contribution is -2.60. The maximum absolute atomic E-state index is 11.7. The summed E-state index contributed by atoms with van der Waals surface area (Å²) in [6.45, 7) is 9.22. The Labute approximate surface area is 154 Å². The van der Waals surface area contributed by atoms with Crippen LogP contribution in [0.5, 0.6) is 0 Å². The van der Waals surface area contributed by atoms with Gasteiger partial charge in [0.15, 0.2) is 0 Å². The Morgan fingerprint density at radius 1 is 1.18 bits per heavy atom. The average molecular weight is 422 g/mol. The summed E-state index contributed by atoms with van der Waals surface area (Å²) in [6.07, 6.45) is -0.718. The quantitative estimate of drug-likeness (QED) is 0.289. The van der Waals surface area contributed by atoms with Gasteiger partial charge in [0.1, 0.15) is 31.5 Å². The van der Waals surface area contributed by atoms with Crippen molar-refractivity contribution in [1.82, 2.24) is 4.57 Å². The number of ether oxygens (including phenoxy) is 1. The minimum absolute atomic E-state index is 0.328. The number of halogens is 7. The maximum Gasteiger partial charge on any atom is 0.460 e. The van der Waals surface area contributed by atoms with E-state index in [9.17, 15) is 45.4 Å². The van der Waals surface area contributed by atoms with E-state index in [1.54, 1.807) is 6.92 Å². The second kappa shape index (κ2) is 9.55. The van der Waals surface area contributed by atoms with E-state index in [2.05, 4.69) is 18.1 Å². The van der Waals surface area contributed by atoms with Crippen LogP contribution in [0.25, 0.3) is 0 Å². The summed E-state index contributed by atoms with van der Waals surface area (Å²) in [6, 6.07) is 0.